The molecule has 0 fully saturated rings. The van der Waals surface area contributed by atoms with E-state index in [2.05, 4.69) is 11.3 Å². The molecule has 0 aliphatic rings. The van der Waals surface area contributed by atoms with E-state index in [9.17, 15) is 9.59 Å². The highest BCUT2D eigenvalue weighted by Crippen LogP contribution is 1.94. The SMILES string of the molecule is C=C(C#N)C(=O)OC(=O)CC#N. The van der Waals surface area contributed by atoms with Crippen molar-refractivity contribution in [2.75, 3.05) is 0 Å². The van der Waals surface area contributed by atoms with E-state index in [4.69, 9.17) is 10.5 Å². The first kappa shape index (κ1) is 9.86. The topological polar surface area (TPSA) is 90.9 Å². The average molecular weight is 164 g/mol. The highest BCUT2D eigenvalue weighted by Gasteiger charge is 2.12. The van der Waals surface area contributed by atoms with Crippen molar-refractivity contribution in [2.45, 2.75) is 6.42 Å². The van der Waals surface area contributed by atoms with Gasteiger partial charge in [0.25, 0.3) is 0 Å². The first-order chi connectivity index (χ1) is 5.61. The first-order valence-electron chi connectivity index (χ1n) is 2.82. The number of ether oxygens (including phenoxy) is 1. The van der Waals surface area contributed by atoms with Gasteiger partial charge in [-0.05, 0) is 0 Å². The Hall–Kier alpha value is -2.14. The van der Waals surface area contributed by atoms with Gasteiger partial charge in [0.05, 0.1) is 6.07 Å². The van der Waals surface area contributed by atoms with Crippen LogP contribution in [-0.4, -0.2) is 11.9 Å². The smallest absolute Gasteiger partial charge is 0.355 e. The molecule has 0 rings (SSSR count). The Morgan fingerprint density at radius 3 is 2.42 bits per heavy atom. The summed E-state index contributed by atoms with van der Waals surface area (Å²) in [7, 11) is 0. The molecule has 0 spiro atoms. The minimum atomic E-state index is -1.11. The van der Waals surface area contributed by atoms with Crippen molar-refractivity contribution in [1.82, 2.24) is 0 Å². The van der Waals surface area contributed by atoms with Gasteiger partial charge >= 0.3 is 11.9 Å². The number of nitrogens with zero attached hydrogens (tertiary/aromatic N) is 2. The van der Waals surface area contributed by atoms with E-state index >= 15 is 0 Å². The number of carbonyl (C=O) groups is 2. The van der Waals surface area contributed by atoms with Gasteiger partial charge in [-0.2, -0.15) is 10.5 Å². The van der Waals surface area contributed by atoms with Crippen LogP contribution in [0.15, 0.2) is 12.2 Å². The zero-order valence-electron chi connectivity index (χ0n) is 6.03. The molecule has 0 atom stereocenters. The zero-order chi connectivity index (χ0) is 9.56. The van der Waals surface area contributed by atoms with Gasteiger partial charge in [-0.25, -0.2) is 4.79 Å². The maximum Gasteiger partial charge on any atom is 0.355 e. The molecule has 0 radical (unpaired) electrons. The Bertz CT molecular complexity index is 306. The monoisotopic (exact) mass is 164 g/mol. The van der Waals surface area contributed by atoms with Gasteiger partial charge in [-0.1, -0.05) is 6.58 Å². The molecule has 0 aromatic rings. The number of rotatable bonds is 2. The Balaban J connectivity index is 4.06. The lowest BCUT2D eigenvalue weighted by Crippen LogP contribution is -2.12. The van der Waals surface area contributed by atoms with Gasteiger partial charge in [-0.15, -0.1) is 0 Å². The van der Waals surface area contributed by atoms with E-state index < -0.39 is 23.9 Å². The molecule has 0 saturated carbocycles. The normalized spacial score (nSPS) is 7.50. The number of nitriles is 2. The van der Waals surface area contributed by atoms with Gasteiger partial charge in [0, 0.05) is 0 Å². The predicted molar refractivity (Wildman–Crippen MR) is 36.1 cm³/mol. The second-order valence-electron chi connectivity index (χ2n) is 1.69. The summed E-state index contributed by atoms with van der Waals surface area (Å²) >= 11 is 0. The predicted octanol–water partition coefficient (Wildman–Crippen LogP) is 0.0497. The molecule has 12 heavy (non-hydrogen) atoms. The van der Waals surface area contributed by atoms with Crippen molar-refractivity contribution < 1.29 is 14.3 Å². The largest absolute Gasteiger partial charge is 0.388 e. The summed E-state index contributed by atoms with van der Waals surface area (Å²) in [6, 6.07) is 2.90. The van der Waals surface area contributed by atoms with Crippen molar-refractivity contribution in [3.05, 3.63) is 12.2 Å². The molecular weight excluding hydrogens is 160 g/mol. The fraction of sp³-hybridized carbons (Fsp3) is 0.143. The van der Waals surface area contributed by atoms with Crippen LogP contribution in [0.5, 0.6) is 0 Å². The number of hydrogen-bond acceptors (Lipinski definition) is 5. The Morgan fingerprint density at radius 1 is 1.42 bits per heavy atom. The Morgan fingerprint density at radius 2 is 2.00 bits per heavy atom. The molecule has 0 aromatic heterocycles. The van der Waals surface area contributed by atoms with Gasteiger partial charge in [-0.3, -0.25) is 4.79 Å². The van der Waals surface area contributed by atoms with Crippen molar-refractivity contribution in [3.63, 3.8) is 0 Å². The molecule has 0 aromatic carbocycles. The number of hydrogen-bond donors (Lipinski definition) is 0. The van der Waals surface area contributed by atoms with Gasteiger partial charge in [0.1, 0.15) is 18.1 Å². The van der Waals surface area contributed by atoms with E-state index in [1.807, 2.05) is 0 Å². The minimum absolute atomic E-state index is 0.471. The molecular formula is C7H4N2O3. The van der Waals surface area contributed by atoms with Crippen LogP contribution in [0.1, 0.15) is 6.42 Å². The highest BCUT2D eigenvalue weighted by atomic mass is 16.6. The van der Waals surface area contributed by atoms with Crippen molar-refractivity contribution in [1.29, 1.82) is 10.5 Å². The third-order valence-electron chi connectivity index (χ3n) is 0.811. The van der Waals surface area contributed by atoms with Crippen LogP contribution in [-0.2, 0) is 14.3 Å². The summed E-state index contributed by atoms with van der Waals surface area (Å²) in [4.78, 5) is 21.0. The summed E-state index contributed by atoms with van der Waals surface area (Å²) in [5.41, 5.74) is -0.471. The highest BCUT2D eigenvalue weighted by molar-refractivity contribution is 5.98. The third kappa shape index (κ3) is 3.14. The molecule has 5 heteroatoms. The molecule has 0 N–H and O–H groups in total. The molecule has 0 heterocycles. The molecule has 0 aliphatic heterocycles. The summed E-state index contributed by atoms with van der Waals surface area (Å²) in [6.45, 7) is 3.02. The maximum atomic E-state index is 10.6. The lowest BCUT2D eigenvalue weighted by molar-refractivity contribution is -0.155. The molecule has 0 saturated heterocycles. The second kappa shape index (κ2) is 4.64. The zero-order valence-corrected chi connectivity index (χ0v) is 6.03. The fourth-order valence-corrected chi connectivity index (χ4v) is 0.311. The second-order valence-corrected chi connectivity index (χ2v) is 1.69. The van der Waals surface area contributed by atoms with Gasteiger partial charge in [0.15, 0.2) is 0 Å². The lowest BCUT2D eigenvalue weighted by Gasteiger charge is -1.95. The van der Waals surface area contributed by atoms with Crippen molar-refractivity contribution in [2.24, 2.45) is 0 Å². The summed E-state index contributed by atoms with van der Waals surface area (Å²) in [5, 5.41) is 16.1. The van der Waals surface area contributed by atoms with Crippen LogP contribution >= 0.6 is 0 Å². The Labute approximate surface area is 68.5 Å². The van der Waals surface area contributed by atoms with E-state index in [0.29, 0.717) is 0 Å². The van der Waals surface area contributed by atoms with Gasteiger partial charge in [0.2, 0.25) is 0 Å². The maximum absolute atomic E-state index is 10.6. The minimum Gasteiger partial charge on any atom is -0.388 e. The van der Waals surface area contributed by atoms with Crippen LogP contribution in [0, 0.1) is 22.7 Å². The van der Waals surface area contributed by atoms with E-state index in [0.717, 1.165) is 0 Å². The molecule has 0 unspecified atom stereocenters. The van der Waals surface area contributed by atoms with E-state index in [1.165, 1.54) is 12.1 Å². The summed E-state index contributed by atoms with van der Waals surface area (Å²) in [6.07, 6.45) is -0.523. The average Bonchev–Trinajstić information content (AvgIpc) is 2.03. The third-order valence-corrected chi connectivity index (χ3v) is 0.811. The van der Waals surface area contributed by atoms with Crippen LogP contribution in [0.4, 0.5) is 0 Å². The quantitative estimate of drug-likeness (QED) is 0.249. The molecule has 0 aliphatic carbocycles. The molecule has 0 bridgehead atoms. The lowest BCUT2D eigenvalue weighted by atomic mass is 10.3. The Kier molecular flexibility index (Phi) is 3.81. The van der Waals surface area contributed by atoms with Crippen LogP contribution in [0.3, 0.4) is 0 Å². The van der Waals surface area contributed by atoms with Crippen LogP contribution in [0.25, 0.3) is 0 Å². The number of carbonyl (C=O) groups excluding carboxylic acids is 2. The van der Waals surface area contributed by atoms with Crippen molar-refractivity contribution >= 4 is 11.9 Å². The first-order valence-corrected chi connectivity index (χ1v) is 2.82. The van der Waals surface area contributed by atoms with Crippen LogP contribution < -0.4 is 0 Å². The van der Waals surface area contributed by atoms with Gasteiger partial charge < -0.3 is 4.74 Å². The van der Waals surface area contributed by atoms with Crippen molar-refractivity contribution in [3.8, 4) is 12.1 Å². The summed E-state index contributed by atoms with van der Waals surface area (Å²) < 4.78 is 4.02. The van der Waals surface area contributed by atoms with E-state index in [-0.39, 0.29) is 0 Å². The molecule has 60 valence electrons. The fourth-order valence-electron chi connectivity index (χ4n) is 0.311. The van der Waals surface area contributed by atoms with Crippen LogP contribution in [0.2, 0.25) is 0 Å². The summed E-state index contributed by atoms with van der Waals surface area (Å²) in [5.74, 6) is -2.10. The molecule has 5 nitrogen and oxygen atoms in total. The standard InChI is InChI=1S/C7H4N2O3/c1-5(4-9)7(11)12-6(10)2-3-8/h1-2H2. The molecule has 0 amide bonds. The van der Waals surface area contributed by atoms with E-state index in [1.54, 1.807) is 0 Å². The number of esters is 2.